The highest BCUT2D eigenvalue weighted by atomic mass is 79.9. The maximum absolute atomic E-state index is 13.4. The first-order chi connectivity index (χ1) is 7.59. The molecule has 0 saturated carbocycles. The lowest BCUT2D eigenvalue weighted by Gasteiger charge is -2.10. The summed E-state index contributed by atoms with van der Waals surface area (Å²) in [5.41, 5.74) is 1.16. The third-order valence-electron chi connectivity index (χ3n) is 2.40. The van der Waals surface area contributed by atoms with Crippen LogP contribution >= 0.6 is 27.3 Å². The van der Waals surface area contributed by atoms with Crippen molar-refractivity contribution in [3.63, 3.8) is 0 Å². The maximum Gasteiger partial charge on any atom is 0.126 e. The fourth-order valence-corrected chi connectivity index (χ4v) is 3.03. The number of halogens is 2. The van der Waals surface area contributed by atoms with Gasteiger partial charge < -0.3 is 5.11 Å². The van der Waals surface area contributed by atoms with Crippen LogP contribution in [0.4, 0.5) is 4.39 Å². The van der Waals surface area contributed by atoms with Gasteiger partial charge in [-0.3, -0.25) is 0 Å². The zero-order valence-corrected chi connectivity index (χ0v) is 11.0. The van der Waals surface area contributed by atoms with E-state index in [1.54, 1.807) is 19.1 Å². The number of rotatable bonds is 2. The summed E-state index contributed by atoms with van der Waals surface area (Å²) in [6.07, 6.45) is -0.774. The molecule has 1 heterocycles. The lowest BCUT2D eigenvalue weighted by molar-refractivity contribution is 0.223. The Balaban J connectivity index is 2.38. The number of aryl methyl sites for hydroxylation is 1. The fraction of sp³-hybridized carbons (Fsp3) is 0.167. The molecule has 1 aromatic carbocycles. The van der Waals surface area contributed by atoms with Gasteiger partial charge in [-0.2, -0.15) is 0 Å². The average Bonchev–Trinajstić information content (AvgIpc) is 2.67. The van der Waals surface area contributed by atoms with Gasteiger partial charge >= 0.3 is 0 Å². The summed E-state index contributed by atoms with van der Waals surface area (Å²) in [5.74, 6) is -0.288. The number of benzene rings is 1. The van der Waals surface area contributed by atoms with E-state index >= 15 is 0 Å². The van der Waals surface area contributed by atoms with E-state index in [-0.39, 0.29) is 5.82 Å². The summed E-state index contributed by atoms with van der Waals surface area (Å²) in [6, 6.07) is 6.67. The molecule has 2 rings (SSSR count). The summed E-state index contributed by atoms with van der Waals surface area (Å²) in [5, 5.41) is 12.0. The predicted octanol–water partition coefficient (Wildman–Crippen LogP) is 4.04. The smallest absolute Gasteiger partial charge is 0.126 e. The average molecular weight is 301 g/mol. The molecule has 1 aromatic heterocycles. The van der Waals surface area contributed by atoms with Gasteiger partial charge in [-0.05, 0) is 51.5 Å². The SMILES string of the molecule is Cc1ccc(C(O)c2sccc2Br)cc1F. The van der Waals surface area contributed by atoms with Crippen LogP contribution in [0.5, 0.6) is 0 Å². The minimum absolute atomic E-state index is 0.288. The lowest BCUT2D eigenvalue weighted by Crippen LogP contribution is -1.99. The predicted molar refractivity (Wildman–Crippen MR) is 67.2 cm³/mol. The van der Waals surface area contributed by atoms with Gasteiger partial charge in [0, 0.05) is 4.47 Å². The van der Waals surface area contributed by atoms with Gasteiger partial charge in [0.05, 0.1) is 4.88 Å². The molecule has 1 N–H and O–H groups in total. The van der Waals surface area contributed by atoms with E-state index in [1.165, 1.54) is 17.4 Å². The Hall–Kier alpha value is -0.710. The van der Waals surface area contributed by atoms with Crippen molar-refractivity contribution in [3.8, 4) is 0 Å². The van der Waals surface area contributed by atoms with Crippen LogP contribution in [-0.4, -0.2) is 5.11 Å². The van der Waals surface area contributed by atoms with Gasteiger partial charge in [0.2, 0.25) is 0 Å². The van der Waals surface area contributed by atoms with Crippen LogP contribution < -0.4 is 0 Å². The van der Waals surface area contributed by atoms with Crippen LogP contribution in [0.2, 0.25) is 0 Å². The maximum atomic E-state index is 13.4. The molecule has 1 nitrogen and oxygen atoms in total. The van der Waals surface area contributed by atoms with E-state index in [2.05, 4.69) is 15.9 Å². The molecule has 0 spiro atoms. The Morgan fingerprint density at radius 1 is 1.38 bits per heavy atom. The molecular formula is C12H10BrFOS. The third-order valence-corrected chi connectivity index (χ3v) is 4.33. The second-order valence-electron chi connectivity index (χ2n) is 3.54. The zero-order valence-electron chi connectivity index (χ0n) is 8.58. The van der Waals surface area contributed by atoms with Gasteiger partial charge in [-0.25, -0.2) is 4.39 Å². The Bertz CT molecular complexity index is 509. The molecule has 0 saturated heterocycles. The van der Waals surface area contributed by atoms with E-state index in [1.807, 2.05) is 11.4 Å². The van der Waals surface area contributed by atoms with Crippen LogP contribution in [0.15, 0.2) is 34.1 Å². The molecule has 0 aliphatic heterocycles. The van der Waals surface area contributed by atoms with E-state index in [0.717, 1.165) is 9.35 Å². The first-order valence-corrected chi connectivity index (χ1v) is 6.44. The van der Waals surface area contributed by atoms with E-state index in [4.69, 9.17) is 0 Å². The van der Waals surface area contributed by atoms with Crippen LogP contribution in [0.3, 0.4) is 0 Å². The zero-order chi connectivity index (χ0) is 11.7. The minimum atomic E-state index is -0.774. The van der Waals surface area contributed by atoms with Gasteiger partial charge in [-0.15, -0.1) is 11.3 Å². The Morgan fingerprint density at radius 3 is 2.69 bits per heavy atom. The number of aliphatic hydroxyl groups is 1. The first kappa shape index (κ1) is 11.8. The summed E-state index contributed by atoms with van der Waals surface area (Å²) in [6.45, 7) is 1.70. The first-order valence-electron chi connectivity index (χ1n) is 4.76. The van der Waals surface area contributed by atoms with Crippen LogP contribution in [0, 0.1) is 12.7 Å². The summed E-state index contributed by atoms with van der Waals surface area (Å²) in [4.78, 5) is 0.795. The highest BCUT2D eigenvalue weighted by Gasteiger charge is 2.15. The van der Waals surface area contributed by atoms with Crippen molar-refractivity contribution < 1.29 is 9.50 Å². The van der Waals surface area contributed by atoms with Crippen molar-refractivity contribution in [3.05, 3.63) is 55.9 Å². The number of aliphatic hydroxyl groups excluding tert-OH is 1. The number of hydrogen-bond donors (Lipinski definition) is 1. The van der Waals surface area contributed by atoms with Gasteiger partial charge in [0.1, 0.15) is 11.9 Å². The van der Waals surface area contributed by atoms with Crippen molar-refractivity contribution in [2.75, 3.05) is 0 Å². The number of thiophene rings is 1. The van der Waals surface area contributed by atoms with E-state index < -0.39 is 6.10 Å². The van der Waals surface area contributed by atoms with Crippen molar-refractivity contribution in [2.45, 2.75) is 13.0 Å². The topological polar surface area (TPSA) is 20.2 Å². The molecule has 1 atom stereocenters. The molecule has 1 unspecified atom stereocenters. The highest BCUT2D eigenvalue weighted by molar-refractivity contribution is 9.10. The Kier molecular flexibility index (Phi) is 3.42. The largest absolute Gasteiger partial charge is 0.383 e. The minimum Gasteiger partial charge on any atom is -0.383 e. The van der Waals surface area contributed by atoms with Crippen molar-refractivity contribution in [1.29, 1.82) is 0 Å². The van der Waals surface area contributed by atoms with Crippen molar-refractivity contribution >= 4 is 27.3 Å². The molecule has 4 heteroatoms. The van der Waals surface area contributed by atoms with Crippen molar-refractivity contribution in [2.24, 2.45) is 0 Å². The molecule has 16 heavy (non-hydrogen) atoms. The third kappa shape index (κ3) is 2.19. The molecule has 0 radical (unpaired) electrons. The number of hydrogen-bond acceptors (Lipinski definition) is 2. The summed E-state index contributed by atoms with van der Waals surface area (Å²) in [7, 11) is 0. The Morgan fingerprint density at radius 2 is 2.12 bits per heavy atom. The molecule has 2 aromatic rings. The fourth-order valence-electron chi connectivity index (χ4n) is 1.43. The summed E-state index contributed by atoms with van der Waals surface area (Å²) < 4.78 is 14.2. The van der Waals surface area contributed by atoms with E-state index in [0.29, 0.717) is 11.1 Å². The molecule has 84 valence electrons. The molecule has 0 amide bonds. The van der Waals surface area contributed by atoms with Gasteiger partial charge in [0.15, 0.2) is 0 Å². The normalized spacial score (nSPS) is 12.8. The second kappa shape index (κ2) is 4.65. The molecule has 0 fully saturated rings. The standard InChI is InChI=1S/C12H10BrFOS/c1-7-2-3-8(6-10(7)14)11(15)12-9(13)4-5-16-12/h2-6,11,15H,1H3. The quantitative estimate of drug-likeness (QED) is 0.887. The highest BCUT2D eigenvalue weighted by Crippen LogP contribution is 2.33. The second-order valence-corrected chi connectivity index (χ2v) is 5.35. The van der Waals surface area contributed by atoms with Crippen LogP contribution in [0.1, 0.15) is 22.1 Å². The monoisotopic (exact) mass is 300 g/mol. The van der Waals surface area contributed by atoms with Crippen LogP contribution in [0.25, 0.3) is 0 Å². The van der Waals surface area contributed by atoms with Crippen molar-refractivity contribution in [1.82, 2.24) is 0 Å². The van der Waals surface area contributed by atoms with Gasteiger partial charge in [-0.1, -0.05) is 12.1 Å². The molecule has 0 bridgehead atoms. The molecule has 0 aliphatic carbocycles. The molecular weight excluding hydrogens is 291 g/mol. The molecule has 0 aliphatic rings. The Labute approximate surface area is 106 Å². The summed E-state index contributed by atoms with van der Waals surface area (Å²) >= 11 is 4.80. The van der Waals surface area contributed by atoms with E-state index in [9.17, 15) is 9.50 Å². The van der Waals surface area contributed by atoms with Crippen LogP contribution in [-0.2, 0) is 0 Å². The lowest BCUT2D eigenvalue weighted by atomic mass is 10.1. The van der Waals surface area contributed by atoms with Gasteiger partial charge in [0.25, 0.3) is 0 Å².